The SMILES string of the molecule is CCCCCCN[C@]1(O[C@@H]2[C@H]3OC[C@@H]2O[C@@H](O[C@@H]2[C@@H](O)[C@H](O[C@@H]4[C@H]5OC[C@@H]4O[C@@H](O)[C@H]5O)O[C@H](CO)[C@H]2O)[C@H]3O)O[C@H](CO)[C@H](O)[C@H](O)[C@H]1O. The van der Waals surface area contributed by atoms with Crippen LogP contribution in [0.5, 0.6) is 0 Å². The molecule has 20 heteroatoms. The fraction of sp³-hybridized carbons (Fsp3) is 1.00. The van der Waals surface area contributed by atoms with Crippen LogP contribution in [-0.4, -0.2) is 206 Å². The Morgan fingerprint density at radius 1 is 0.640 bits per heavy atom. The van der Waals surface area contributed by atoms with Gasteiger partial charge in [0.05, 0.1) is 26.4 Å². The Morgan fingerprint density at radius 2 is 1.28 bits per heavy atom. The highest BCUT2D eigenvalue weighted by molar-refractivity contribution is 5.03. The topological polar surface area (TPSA) is 297 Å². The van der Waals surface area contributed by atoms with Crippen LogP contribution in [-0.2, 0) is 42.6 Å². The summed E-state index contributed by atoms with van der Waals surface area (Å²) in [7, 11) is 0. The van der Waals surface area contributed by atoms with Crippen LogP contribution in [0.4, 0.5) is 0 Å². The first kappa shape index (κ1) is 38.9. The molecule has 6 aliphatic heterocycles. The van der Waals surface area contributed by atoms with E-state index in [9.17, 15) is 51.1 Å². The third-order valence-corrected chi connectivity index (χ3v) is 10.2. The molecular formula is C30H51NO19. The second-order valence-electron chi connectivity index (χ2n) is 13.6. The molecule has 6 heterocycles. The Kier molecular flexibility index (Phi) is 12.7. The van der Waals surface area contributed by atoms with E-state index in [-0.39, 0.29) is 19.8 Å². The molecule has 0 unspecified atom stereocenters. The molecule has 0 amide bonds. The van der Waals surface area contributed by atoms with Gasteiger partial charge >= 0.3 is 0 Å². The molecule has 6 saturated heterocycles. The lowest BCUT2D eigenvalue weighted by molar-refractivity contribution is -0.408. The first-order chi connectivity index (χ1) is 23.9. The number of rotatable bonds is 14. The van der Waals surface area contributed by atoms with Crippen LogP contribution in [0, 0.1) is 0 Å². The number of unbranched alkanes of at least 4 members (excludes halogenated alkanes) is 3. The summed E-state index contributed by atoms with van der Waals surface area (Å²) in [6, 6.07) is 0. The molecule has 6 fully saturated rings. The van der Waals surface area contributed by atoms with Gasteiger partial charge in [-0.25, -0.2) is 0 Å². The van der Waals surface area contributed by atoms with Gasteiger partial charge in [-0.2, -0.15) is 0 Å². The van der Waals surface area contributed by atoms with Crippen LogP contribution in [0.25, 0.3) is 0 Å². The van der Waals surface area contributed by atoms with Crippen LogP contribution >= 0.6 is 0 Å². The maximum atomic E-state index is 11.4. The summed E-state index contributed by atoms with van der Waals surface area (Å²) in [6.07, 6.45) is -23.4. The predicted octanol–water partition coefficient (Wildman–Crippen LogP) is -6.16. The van der Waals surface area contributed by atoms with Crippen molar-refractivity contribution in [1.82, 2.24) is 5.32 Å². The lowest BCUT2D eigenvalue weighted by atomic mass is 9.95. The number of ether oxygens (including phenoxy) is 9. The van der Waals surface area contributed by atoms with E-state index in [2.05, 4.69) is 5.32 Å². The van der Waals surface area contributed by atoms with Gasteiger partial charge in [0.2, 0.25) is 0 Å². The maximum absolute atomic E-state index is 11.4. The average Bonchev–Trinajstić information content (AvgIpc) is 3.59. The van der Waals surface area contributed by atoms with Crippen LogP contribution in [0.15, 0.2) is 0 Å². The standard InChI is InChI=1S/C30H51NO19/c1-2-3-4-5-6-31-30(26(40)17(36)15(34)12(8-33)49-30)50-22-14-10-43-25(22)20(39)29(46-14)48-23-16(35)11(7-32)45-28(19(23)38)47-21-13-9-42-24(21)18(37)27(41)44-13/h11-29,31-41H,2-10H2,1H3/t11-,12-,13+,14+,15+,16-,17+,18+,19-,20+,21+,22+,23+,24+,25+,26-,27-,28+,29+,30+/m1/s1. The molecule has 0 spiro atoms. The fourth-order valence-corrected chi connectivity index (χ4v) is 7.36. The summed E-state index contributed by atoms with van der Waals surface area (Å²) >= 11 is 0. The minimum absolute atomic E-state index is 0.0235. The molecule has 11 N–H and O–H groups in total. The molecule has 6 aliphatic rings. The zero-order chi connectivity index (χ0) is 35.9. The smallest absolute Gasteiger partial charge is 0.258 e. The van der Waals surface area contributed by atoms with E-state index in [1.165, 1.54) is 0 Å². The molecule has 0 aromatic carbocycles. The molecule has 0 saturated carbocycles. The predicted molar refractivity (Wildman–Crippen MR) is 158 cm³/mol. The van der Waals surface area contributed by atoms with E-state index in [4.69, 9.17) is 42.6 Å². The molecule has 20 nitrogen and oxygen atoms in total. The Morgan fingerprint density at radius 3 is 1.96 bits per heavy atom. The van der Waals surface area contributed by atoms with Crippen molar-refractivity contribution < 1.29 is 93.7 Å². The van der Waals surface area contributed by atoms with Crippen molar-refractivity contribution in [3.8, 4) is 0 Å². The summed E-state index contributed by atoms with van der Waals surface area (Å²) in [4.78, 5) is 0. The minimum Gasteiger partial charge on any atom is -0.394 e. The van der Waals surface area contributed by atoms with Crippen LogP contribution in [0.2, 0.25) is 0 Å². The van der Waals surface area contributed by atoms with Crippen molar-refractivity contribution in [3.63, 3.8) is 0 Å². The van der Waals surface area contributed by atoms with Gasteiger partial charge in [-0.05, 0) is 6.42 Å². The lowest BCUT2D eigenvalue weighted by Gasteiger charge is -2.51. The highest BCUT2D eigenvalue weighted by Crippen LogP contribution is 2.40. The molecule has 4 bridgehead atoms. The maximum Gasteiger partial charge on any atom is 0.258 e. The van der Waals surface area contributed by atoms with Crippen molar-refractivity contribution in [3.05, 3.63) is 0 Å². The normalized spacial score (nSPS) is 52.0. The molecule has 20 atom stereocenters. The first-order valence-electron chi connectivity index (χ1n) is 17.2. The molecule has 6 rings (SSSR count). The number of aliphatic hydroxyl groups is 10. The van der Waals surface area contributed by atoms with Gasteiger partial charge in [-0.3, -0.25) is 5.32 Å². The zero-order valence-electron chi connectivity index (χ0n) is 27.5. The molecule has 0 radical (unpaired) electrons. The van der Waals surface area contributed by atoms with Gasteiger partial charge in [0, 0.05) is 6.54 Å². The van der Waals surface area contributed by atoms with Gasteiger partial charge in [-0.15, -0.1) is 0 Å². The van der Waals surface area contributed by atoms with Crippen molar-refractivity contribution >= 4 is 0 Å². The van der Waals surface area contributed by atoms with Crippen molar-refractivity contribution in [1.29, 1.82) is 0 Å². The van der Waals surface area contributed by atoms with Gasteiger partial charge in [-0.1, -0.05) is 26.2 Å². The van der Waals surface area contributed by atoms with E-state index >= 15 is 0 Å². The molecule has 50 heavy (non-hydrogen) atoms. The van der Waals surface area contributed by atoms with E-state index in [0.717, 1.165) is 19.3 Å². The van der Waals surface area contributed by atoms with E-state index in [0.29, 0.717) is 6.42 Å². The quantitative estimate of drug-likeness (QED) is 0.0586. The summed E-state index contributed by atoms with van der Waals surface area (Å²) < 4.78 is 52.1. The van der Waals surface area contributed by atoms with Crippen LogP contribution < -0.4 is 5.32 Å². The van der Waals surface area contributed by atoms with Crippen LogP contribution in [0.1, 0.15) is 32.6 Å². The molecule has 0 aromatic rings. The van der Waals surface area contributed by atoms with Crippen molar-refractivity contribution in [2.75, 3.05) is 33.0 Å². The second-order valence-corrected chi connectivity index (χ2v) is 13.6. The van der Waals surface area contributed by atoms with Gasteiger partial charge < -0.3 is 93.7 Å². The number of nitrogens with one attached hydrogen (secondary N) is 1. The van der Waals surface area contributed by atoms with E-state index in [1.807, 2.05) is 6.92 Å². The van der Waals surface area contributed by atoms with Gasteiger partial charge in [0.1, 0.15) is 91.6 Å². The highest BCUT2D eigenvalue weighted by atomic mass is 16.8. The third-order valence-electron chi connectivity index (χ3n) is 10.2. The van der Waals surface area contributed by atoms with E-state index in [1.54, 1.807) is 0 Å². The van der Waals surface area contributed by atoms with Crippen molar-refractivity contribution in [2.24, 2.45) is 0 Å². The fourth-order valence-electron chi connectivity index (χ4n) is 7.36. The monoisotopic (exact) mass is 729 g/mol. The average molecular weight is 730 g/mol. The number of aliphatic hydroxyl groups excluding tert-OH is 10. The Bertz CT molecular complexity index is 1090. The van der Waals surface area contributed by atoms with Gasteiger partial charge in [0.15, 0.2) is 25.0 Å². The third kappa shape index (κ3) is 7.33. The Hall–Kier alpha value is -0.800. The van der Waals surface area contributed by atoms with Crippen LogP contribution in [0.3, 0.4) is 0 Å². The lowest BCUT2D eigenvalue weighted by Crippen LogP contribution is -2.73. The molecule has 0 aromatic heterocycles. The number of fused-ring (bicyclic) bond motifs is 4. The summed E-state index contributed by atoms with van der Waals surface area (Å²) in [5.41, 5.74) is 0. The number of hydrogen-bond donors (Lipinski definition) is 11. The van der Waals surface area contributed by atoms with Crippen molar-refractivity contribution in [2.45, 2.75) is 155 Å². The molecule has 290 valence electrons. The minimum atomic E-state index is -2.16. The largest absolute Gasteiger partial charge is 0.394 e. The Labute approximate surface area is 287 Å². The number of hydrogen-bond acceptors (Lipinski definition) is 20. The van der Waals surface area contributed by atoms with E-state index < -0.39 is 136 Å². The molecular weight excluding hydrogens is 678 g/mol. The Balaban J connectivity index is 1.15. The first-order valence-corrected chi connectivity index (χ1v) is 17.2. The zero-order valence-corrected chi connectivity index (χ0v) is 27.5. The summed E-state index contributed by atoms with van der Waals surface area (Å²) in [6.45, 7) is 0.711. The van der Waals surface area contributed by atoms with Gasteiger partial charge in [0.25, 0.3) is 5.91 Å². The highest BCUT2D eigenvalue weighted by Gasteiger charge is 2.62. The molecule has 0 aliphatic carbocycles. The second kappa shape index (κ2) is 16.3. The summed E-state index contributed by atoms with van der Waals surface area (Å²) in [5.74, 6) is -2.16. The summed E-state index contributed by atoms with van der Waals surface area (Å²) in [5, 5.41) is 109.